The maximum Gasteiger partial charge on any atom is 0.0155 e. The molecule has 12 heavy (non-hydrogen) atoms. The lowest BCUT2D eigenvalue weighted by atomic mass is 9.92. The van der Waals surface area contributed by atoms with E-state index in [0.717, 1.165) is 0 Å². The smallest absolute Gasteiger partial charge is 0.0155 e. The molecule has 0 spiro atoms. The van der Waals surface area contributed by atoms with Gasteiger partial charge in [0, 0.05) is 11.1 Å². The second kappa shape index (κ2) is 3.37. The molecule has 1 heterocycles. The molecule has 72 valence electrons. The van der Waals surface area contributed by atoms with E-state index >= 15 is 0 Å². The van der Waals surface area contributed by atoms with Crippen LogP contribution < -0.4 is 5.32 Å². The Morgan fingerprint density at radius 2 is 1.67 bits per heavy atom. The minimum atomic E-state index is 0.348. The minimum absolute atomic E-state index is 0.348. The molecule has 0 saturated carbocycles. The lowest BCUT2D eigenvalue weighted by Crippen LogP contribution is -2.51. The molecule has 0 bridgehead atoms. The number of rotatable bonds is 1. The van der Waals surface area contributed by atoms with E-state index in [4.69, 9.17) is 0 Å². The Labute approximate surface area is 76.9 Å². The Morgan fingerprint density at radius 1 is 1.08 bits per heavy atom. The van der Waals surface area contributed by atoms with E-state index < -0.39 is 0 Å². The summed E-state index contributed by atoms with van der Waals surface area (Å²) >= 11 is 0. The van der Waals surface area contributed by atoms with E-state index in [1.54, 1.807) is 0 Å². The highest BCUT2D eigenvalue weighted by Crippen LogP contribution is 2.28. The average molecular weight is 169 g/mol. The zero-order valence-corrected chi connectivity index (χ0v) is 9.04. The van der Waals surface area contributed by atoms with Crippen molar-refractivity contribution in [1.29, 1.82) is 0 Å². The molecule has 1 aliphatic heterocycles. The average Bonchev–Trinajstić information content (AvgIpc) is 2.09. The highest BCUT2D eigenvalue weighted by Gasteiger charge is 2.31. The van der Waals surface area contributed by atoms with Gasteiger partial charge in [0.05, 0.1) is 0 Å². The second-order valence-corrected chi connectivity index (χ2v) is 5.13. The van der Waals surface area contributed by atoms with Crippen LogP contribution >= 0.6 is 0 Å². The van der Waals surface area contributed by atoms with Crippen molar-refractivity contribution in [2.24, 2.45) is 0 Å². The van der Waals surface area contributed by atoms with Gasteiger partial charge in [0.25, 0.3) is 0 Å². The SMILES string of the molecule is CC[C@@]1(C)CCCCC(C)(C)N1. The van der Waals surface area contributed by atoms with Crippen molar-refractivity contribution in [3.63, 3.8) is 0 Å². The van der Waals surface area contributed by atoms with Gasteiger partial charge >= 0.3 is 0 Å². The normalized spacial score (nSPS) is 36.0. The number of nitrogens with one attached hydrogen (secondary N) is 1. The van der Waals surface area contributed by atoms with Crippen LogP contribution in [-0.2, 0) is 0 Å². The third kappa shape index (κ3) is 2.48. The van der Waals surface area contributed by atoms with Gasteiger partial charge in [-0.05, 0) is 40.0 Å². The van der Waals surface area contributed by atoms with Crippen LogP contribution in [0.15, 0.2) is 0 Å². The Kier molecular flexibility index (Phi) is 2.82. The van der Waals surface area contributed by atoms with Crippen molar-refractivity contribution < 1.29 is 0 Å². The first kappa shape index (κ1) is 10.0. The summed E-state index contributed by atoms with van der Waals surface area (Å²) in [7, 11) is 0. The Bertz CT molecular complexity index is 151. The molecule has 0 radical (unpaired) electrons. The highest BCUT2D eigenvalue weighted by molar-refractivity contribution is 4.92. The van der Waals surface area contributed by atoms with E-state index in [9.17, 15) is 0 Å². The summed E-state index contributed by atoms with van der Waals surface area (Å²) in [5.41, 5.74) is 0.737. The fourth-order valence-electron chi connectivity index (χ4n) is 2.29. The van der Waals surface area contributed by atoms with Crippen molar-refractivity contribution in [1.82, 2.24) is 5.32 Å². The quantitative estimate of drug-likeness (QED) is 0.636. The summed E-state index contributed by atoms with van der Waals surface area (Å²) in [6.45, 7) is 9.30. The maximum atomic E-state index is 3.78. The van der Waals surface area contributed by atoms with Crippen LogP contribution in [0.4, 0.5) is 0 Å². The fourth-order valence-corrected chi connectivity index (χ4v) is 2.29. The van der Waals surface area contributed by atoms with Gasteiger partial charge in [0.2, 0.25) is 0 Å². The first-order chi connectivity index (χ1) is 5.47. The van der Waals surface area contributed by atoms with Gasteiger partial charge < -0.3 is 5.32 Å². The van der Waals surface area contributed by atoms with Gasteiger partial charge in [0.1, 0.15) is 0 Å². The molecule has 1 N–H and O–H groups in total. The van der Waals surface area contributed by atoms with Crippen molar-refractivity contribution in [3.05, 3.63) is 0 Å². The molecule has 0 amide bonds. The second-order valence-electron chi connectivity index (χ2n) is 5.13. The van der Waals surface area contributed by atoms with E-state index in [0.29, 0.717) is 11.1 Å². The van der Waals surface area contributed by atoms with E-state index in [2.05, 4.69) is 33.0 Å². The van der Waals surface area contributed by atoms with Crippen LogP contribution in [0, 0.1) is 0 Å². The predicted molar refractivity (Wildman–Crippen MR) is 54.4 cm³/mol. The largest absolute Gasteiger partial charge is 0.307 e. The topological polar surface area (TPSA) is 12.0 Å². The molecule has 1 rings (SSSR count). The summed E-state index contributed by atoms with van der Waals surface area (Å²) in [6, 6.07) is 0. The van der Waals surface area contributed by atoms with E-state index in [1.165, 1.54) is 32.1 Å². The third-order valence-electron chi connectivity index (χ3n) is 3.20. The molecule has 0 aromatic carbocycles. The summed E-state index contributed by atoms with van der Waals surface area (Å²) in [4.78, 5) is 0. The van der Waals surface area contributed by atoms with E-state index in [-0.39, 0.29) is 0 Å². The van der Waals surface area contributed by atoms with Gasteiger partial charge in [-0.15, -0.1) is 0 Å². The van der Waals surface area contributed by atoms with Gasteiger partial charge in [-0.1, -0.05) is 19.8 Å². The maximum absolute atomic E-state index is 3.78. The third-order valence-corrected chi connectivity index (χ3v) is 3.20. The first-order valence-electron chi connectivity index (χ1n) is 5.27. The van der Waals surface area contributed by atoms with Crippen LogP contribution in [0.5, 0.6) is 0 Å². The number of hydrogen-bond acceptors (Lipinski definition) is 1. The summed E-state index contributed by atoms with van der Waals surface area (Å²) in [6.07, 6.45) is 6.68. The van der Waals surface area contributed by atoms with Crippen molar-refractivity contribution >= 4 is 0 Å². The van der Waals surface area contributed by atoms with Crippen LogP contribution in [0.3, 0.4) is 0 Å². The summed E-state index contributed by atoms with van der Waals surface area (Å²) in [5, 5.41) is 3.78. The molecule has 1 fully saturated rings. The van der Waals surface area contributed by atoms with Crippen LogP contribution in [0.2, 0.25) is 0 Å². The van der Waals surface area contributed by atoms with Gasteiger partial charge in [-0.3, -0.25) is 0 Å². The van der Waals surface area contributed by atoms with Crippen LogP contribution in [0.25, 0.3) is 0 Å². The zero-order chi connectivity index (χ0) is 9.24. The van der Waals surface area contributed by atoms with Gasteiger partial charge in [0.15, 0.2) is 0 Å². The molecule has 1 heteroatoms. The summed E-state index contributed by atoms with van der Waals surface area (Å²) in [5.74, 6) is 0. The first-order valence-corrected chi connectivity index (χ1v) is 5.27. The number of hydrogen-bond donors (Lipinski definition) is 1. The molecule has 1 aliphatic rings. The molecular formula is C11H23N. The molecule has 1 nitrogen and oxygen atoms in total. The molecule has 1 saturated heterocycles. The fraction of sp³-hybridized carbons (Fsp3) is 1.00. The Balaban J connectivity index is 2.66. The van der Waals surface area contributed by atoms with Gasteiger partial charge in [-0.25, -0.2) is 0 Å². The summed E-state index contributed by atoms with van der Waals surface area (Å²) < 4.78 is 0. The predicted octanol–water partition coefficient (Wildman–Crippen LogP) is 3.10. The highest BCUT2D eigenvalue weighted by atomic mass is 15.0. The van der Waals surface area contributed by atoms with Crippen LogP contribution in [0.1, 0.15) is 59.8 Å². The monoisotopic (exact) mass is 169 g/mol. The molecule has 0 aromatic heterocycles. The Morgan fingerprint density at radius 3 is 2.25 bits per heavy atom. The van der Waals surface area contributed by atoms with Crippen molar-refractivity contribution in [2.75, 3.05) is 0 Å². The molecular weight excluding hydrogens is 146 g/mol. The zero-order valence-electron chi connectivity index (χ0n) is 9.04. The minimum Gasteiger partial charge on any atom is -0.307 e. The standard InChI is InChI=1S/C11H23N/c1-5-11(4)9-7-6-8-10(2,3)12-11/h12H,5-9H2,1-4H3/t11-/m0/s1. The molecule has 0 aromatic rings. The van der Waals surface area contributed by atoms with Gasteiger partial charge in [-0.2, -0.15) is 0 Å². The molecule has 0 aliphatic carbocycles. The lowest BCUT2D eigenvalue weighted by Gasteiger charge is -2.36. The van der Waals surface area contributed by atoms with Crippen molar-refractivity contribution in [2.45, 2.75) is 70.9 Å². The van der Waals surface area contributed by atoms with Crippen LogP contribution in [-0.4, -0.2) is 11.1 Å². The molecule has 0 unspecified atom stereocenters. The Hall–Kier alpha value is -0.0400. The van der Waals surface area contributed by atoms with E-state index in [1.807, 2.05) is 0 Å². The lowest BCUT2D eigenvalue weighted by molar-refractivity contribution is 0.244. The van der Waals surface area contributed by atoms with Crippen molar-refractivity contribution in [3.8, 4) is 0 Å². The molecule has 1 atom stereocenters.